The molecule has 5 heteroatoms. The van der Waals surface area contributed by atoms with Gasteiger partial charge in [-0.25, -0.2) is 0 Å². The number of rotatable bonds is 4. The predicted molar refractivity (Wildman–Crippen MR) is 63.3 cm³/mol. The van der Waals surface area contributed by atoms with Crippen LogP contribution < -0.4 is 0 Å². The lowest BCUT2D eigenvalue weighted by molar-refractivity contribution is -0.579. The second-order valence-electron chi connectivity index (χ2n) is 5.46. The van der Waals surface area contributed by atoms with Crippen LogP contribution in [0.4, 0.5) is 0 Å². The molecule has 17 heavy (non-hydrogen) atoms. The summed E-state index contributed by atoms with van der Waals surface area (Å²) in [6.45, 7) is 4.91. The van der Waals surface area contributed by atoms with E-state index in [1.807, 2.05) is 6.92 Å². The number of hydrogen-bond acceptors (Lipinski definition) is 4. The summed E-state index contributed by atoms with van der Waals surface area (Å²) in [6, 6.07) is 0. The topological polar surface area (TPSA) is 80.4 Å². The highest BCUT2D eigenvalue weighted by Gasteiger charge is 2.54. The third-order valence-corrected chi connectivity index (χ3v) is 4.02. The largest absolute Gasteiger partial charge is 0.389 e. The second kappa shape index (κ2) is 4.72. The van der Waals surface area contributed by atoms with E-state index in [-0.39, 0.29) is 17.1 Å². The van der Waals surface area contributed by atoms with Crippen molar-refractivity contribution in [1.29, 1.82) is 0 Å². The van der Waals surface area contributed by atoms with Gasteiger partial charge >= 0.3 is 0 Å². The van der Waals surface area contributed by atoms with Crippen molar-refractivity contribution >= 4 is 5.78 Å². The van der Waals surface area contributed by atoms with Crippen LogP contribution in [0.1, 0.15) is 52.9 Å². The highest BCUT2D eigenvalue weighted by atomic mass is 16.6. The lowest BCUT2D eigenvalue weighted by Crippen LogP contribution is -2.53. The predicted octanol–water partition coefficient (Wildman–Crippen LogP) is 1.94. The van der Waals surface area contributed by atoms with E-state index >= 15 is 0 Å². The van der Waals surface area contributed by atoms with E-state index in [9.17, 15) is 20.0 Å². The van der Waals surface area contributed by atoms with Crippen LogP contribution in [0, 0.1) is 16.0 Å². The van der Waals surface area contributed by atoms with Crippen molar-refractivity contribution in [3.63, 3.8) is 0 Å². The fourth-order valence-electron chi connectivity index (χ4n) is 2.89. The van der Waals surface area contributed by atoms with E-state index in [1.165, 1.54) is 6.92 Å². The van der Waals surface area contributed by atoms with Gasteiger partial charge in [0.2, 0.25) is 5.54 Å². The molecular weight excluding hydrogens is 222 g/mol. The first kappa shape index (κ1) is 14.1. The Morgan fingerprint density at radius 3 is 2.53 bits per heavy atom. The molecule has 0 aromatic carbocycles. The zero-order valence-electron chi connectivity index (χ0n) is 10.7. The van der Waals surface area contributed by atoms with Crippen molar-refractivity contribution < 1.29 is 14.8 Å². The van der Waals surface area contributed by atoms with Crippen LogP contribution in [0.2, 0.25) is 0 Å². The molecule has 98 valence electrons. The molecule has 1 aliphatic carbocycles. The van der Waals surface area contributed by atoms with E-state index in [0.29, 0.717) is 25.7 Å². The molecule has 0 aromatic rings. The summed E-state index contributed by atoms with van der Waals surface area (Å²) in [5, 5.41) is 21.4. The number of carbonyl (C=O) groups is 1. The first-order chi connectivity index (χ1) is 7.75. The van der Waals surface area contributed by atoms with Gasteiger partial charge in [-0.1, -0.05) is 6.92 Å². The molecular formula is C12H21NO4. The zero-order valence-corrected chi connectivity index (χ0v) is 10.7. The van der Waals surface area contributed by atoms with Crippen molar-refractivity contribution in [2.75, 3.05) is 0 Å². The van der Waals surface area contributed by atoms with Gasteiger partial charge in [0, 0.05) is 24.2 Å². The third kappa shape index (κ3) is 2.65. The quantitative estimate of drug-likeness (QED) is 0.604. The van der Waals surface area contributed by atoms with E-state index in [2.05, 4.69) is 0 Å². The Balaban J connectivity index is 3.00. The van der Waals surface area contributed by atoms with Gasteiger partial charge in [-0.2, -0.15) is 0 Å². The second-order valence-corrected chi connectivity index (χ2v) is 5.46. The van der Waals surface area contributed by atoms with Gasteiger partial charge in [0.1, 0.15) is 5.78 Å². The van der Waals surface area contributed by atoms with Gasteiger partial charge < -0.3 is 5.11 Å². The summed E-state index contributed by atoms with van der Waals surface area (Å²) in [5.41, 5.74) is -2.12. The molecule has 0 aromatic heterocycles. The van der Waals surface area contributed by atoms with Crippen LogP contribution >= 0.6 is 0 Å². The monoisotopic (exact) mass is 243 g/mol. The van der Waals surface area contributed by atoms with E-state index in [1.54, 1.807) is 6.92 Å². The fraction of sp³-hybridized carbons (Fsp3) is 0.917. The lowest BCUT2D eigenvalue weighted by atomic mass is 9.65. The minimum Gasteiger partial charge on any atom is -0.389 e. The van der Waals surface area contributed by atoms with Crippen molar-refractivity contribution in [1.82, 2.24) is 0 Å². The van der Waals surface area contributed by atoms with Gasteiger partial charge in [0.05, 0.1) is 11.5 Å². The molecule has 1 saturated carbocycles. The molecule has 0 aliphatic heterocycles. The first-order valence-electron chi connectivity index (χ1n) is 6.12. The average molecular weight is 243 g/mol. The molecule has 0 radical (unpaired) electrons. The van der Waals surface area contributed by atoms with E-state index < -0.39 is 17.1 Å². The van der Waals surface area contributed by atoms with Gasteiger partial charge in [-0.05, 0) is 26.7 Å². The Morgan fingerprint density at radius 2 is 2.12 bits per heavy atom. The molecule has 1 N–H and O–H groups in total. The van der Waals surface area contributed by atoms with Crippen molar-refractivity contribution in [3.05, 3.63) is 10.1 Å². The normalized spacial score (nSPS) is 37.8. The molecule has 5 nitrogen and oxygen atoms in total. The van der Waals surface area contributed by atoms with Crippen LogP contribution in [-0.4, -0.2) is 27.0 Å². The van der Waals surface area contributed by atoms with Crippen LogP contribution in [-0.2, 0) is 4.79 Å². The molecule has 1 fully saturated rings. The maximum Gasteiger partial charge on any atom is 0.223 e. The standard InChI is InChI=1S/C12H21NO4/c1-4-5-12(13(16)17)7-6-11(3,15)10(8-12)9(2)14/h10,15H,4-8H2,1-3H3/t10-,11-,12-/m0/s1. The Hall–Kier alpha value is -0.970. The number of carbonyl (C=O) groups excluding carboxylic acids is 1. The fourth-order valence-corrected chi connectivity index (χ4v) is 2.89. The first-order valence-corrected chi connectivity index (χ1v) is 6.12. The Bertz CT molecular complexity index is 326. The van der Waals surface area contributed by atoms with E-state index in [4.69, 9.17) is 0 Å². The van der Waals surface area contributed by atoms with Gasteiger partial charge in [-0.15, -0.1) is 0 Å². The Morgan fingerprint density at radius 1 is 1.53 bits per heavy atom. The highest BCUT2D eigenvalue weighted by molar-refractivity contribution is 5.79. The van der Waals surface area contributed by atoms with E-state index in [0.717, 1.165) is 0 Å². The van der Waals surface area contributed by atoms with Crippen molar-refractivity contribution in [2.24, 2.45) is 5.92 Å². The molecule has 1 aliphatic rings. The molecule has 0 spiro atoms. The molecule has 1 rings (SSSR count). The van der Waals surface area contributed by atoms with Crippen molar-refractivity contribution in [2.45, 2.75) is 64.0 Å². The summed E-state index contributed by atoms with van der Waals surface area (Å²) in [7, 11) is 0. The number of aliphatic hydroxyl groups is 1. The van der Waals surface area contributed by atoms with Crippen LogP contribution in [0.15, 0.2) is 0 Å². The summed E-state index contributed by atoms with van der Waals surface area (Å²) >= 11 is 0. The summed E-state index contributed by atoms with van der Waals surface area (Å²) < 4.78 is 0. The SMILES string of the molecule is CCC[C@]1([N+](=O)[O-])CC[C@](C)(O)[C@H](C(C)=O)C1. The highest BCUT2D eigenvalue weighted by Crippen LogP contribution is 2.43. The average Bonchev–Trinajstić information content (AvgIpc) is 2.20. The van der Waals surface area contributed by atoms with Crippen LogP contribution in [0.3, 0.4) is 0 Å². The minimum atomic E-state index is -1.10. The van der Waals surface area contributed by atoms with Gasteiger partial charge in [0.25, 0.3) is 0 Å². The molecule has 0 amide bonds. The Labute approximate surface area is 101 Å². The molecule has 0 heterocycles. The lowest BCUT2D eigenvalue weighted by Gasteiger charge is -2.41. The minimum absolute atomic E-state index is 0.156. The maximum atomic E-state index is 11.5. The molecule has 0 unspecified atom stereocenters. The number of Topliss-reactive ketones (excluding diaryl/α,β-unsaturated/α-hetero) is 1. The molecule has 0 bridgehead atoms. The molecule has 0 saturated heterocycles. The van der Waals surface area contributed by atoms with Crippen LogP contribution in [0.25, 0.3) is 0 Å². The van der Waals surface area contributed by atoms with Crippen LogP contribution in [0.5, 0.6) is 0 Å². The summed E-state index contributed by atoms with van der Waals surface area (Å²) in [4.78, 5) is 22.6. The van der Waals surface area contributed by atoms with Crippen molar-refractivity contribution in [3.8, 4) is 0 Å². The summed E-state index contributed by atoms with van der Waals surface area (Å²) in [5.74, 6) is -0.773. The number of hydrogen-bond donors (Lipinski definition) is 1. The van der Waals surface area contributed by atoms with Gasteiger partial charge in [0.15, 0.2) is 0 Å². The van der Waals surface area contributed by atoms with Gasteiger partial charge in [-0.3, -0.25) is 14.9 Å². The number of nitrogens with zero attached hydrogens (tertiary/aromatic N) is 1. The summed E-state index contributed by atoms with van der Waals surface area (Å²) in [6.07, 6.45) is 2.02. The molecule has 3 atom stereocenters. The smallest absolute Gasteiger partial charge is 0.223 e. The number of nitro groups is 1. The number of ketones is 1. The maximum absolute atomic E-state index is 11.5. The zero-order chi connectivity index (χ0) is 13.3. The third-order valence-electron chi connectivity index (χ3n) is 4.02. The Kier molecular flexibility index (Phi) is 3.91.